The zero-order valence-corrected chi connectivity index (χ0v) is 49.1. The Labute approximate surface area is 433 Å². The Balaban J connectivity index is 2.12. The molecule has 2 aliphatic rings. The summed E-state index contributed by atoms with van der Waals surface area (Å²) in [6, 6.07) is 7.91. The number of aromatic nitrogens is 4. The zero-order chi connectivity index (χ0) is 54.2. The molecule has 0 atom stereocenters. The van der Waals surface area contributed by atoms with Gasteiger partial charge < -0.3 is 47.9 Å². The number of nitrogens with zero attached hydrogens (tertiary/aromatic N) is 2. The molecule has 0 saturated carbocycles. The van der Waals surface area contributed by atoms with E-state index in [1.54, 1.807) is 0 Å². The maximum absolute atomic E-state index is 6.89. The maximum Gasteiger partial charge on any atom is 0.189 e. The summed E-state index contributed by atoms with van der Waals surface area (Å²) in [6.07, 6.45) is 0. The summed E-state index contributed by atoms with van der Waals surface area (Å²) in [5.41, 5.74) is 3.26. The summed E-state index contributed by atoms with van der Waals surface area (Å²) in [6.45, 7) is 54.9. The maximum atomic E-state index is 6.89. The van der Waals surface area contributed by atoms with Gasteiger partial charge in [0.2, 0.25) is 0 Å². The second kappa shape index (κ2) is 21.1. The predicted octanol–water partition coefficient (Wildman–Crippen LogP) is 15.9. The molecule has 0 spiro atoms. The molecule has 72 heavy (non-hydrogen) atoms. The van der Waals surface area contributed by atoms with Crippen LogP contribution in [0.4, 0.5) is 0 Å². The Bertz CT molecular complexity index is 2260. The van der Waals surface area contributed by atoms with Crippen LogP contribution in [0.15, 0.2) is 24.3 Å². The van der Waals surface area contributed by atoms with E-state index in [0.717, 1.165) is 0 Å². The van der Waals surface area contributed by atoms with Gasteiger partial charge in [-0.15, -0.1) is 0 Å². The first-order chi connectivity index (χ1) is 32.6. The van der Waals surface area contributed by atoms with Crippen molar-refractivity contribution in [2.24, 2.45) is 43.3 Å². The van der Waals surface area contributed by atoms with Crippen molar-refractivity contribution in [2.45, 2.75) is 166 Å². The quantitative estimate of drug-likeness (QED) is 0.143. The van der Waals surface area contributed by atoms with Crippen LogP contribution in [0.1, 0.15) is 189 Å². The summed E-state index contributed by atoms with van der Waals surface area (Å²) in [7, 11) is 0. The lowest BCUT2D eigenvalue weighted by Gasteiger charge is -2.23. The zero-order valence-electron chi connectivity index (χ0n) is 49.1. The van der Waals surface area contributed by atoms with Crippen molar-refractivity contribution in [3.8, 4) is 23.0 Å². The molecule has 402 valence electrons. The van der Waals surface area contributed by atoms with Crippen LogP contribution in [0.3, 0.4) is 0 Å². The first-order valence-corrected chi connectivity index (χ1v) is 26.0. The van der Waals surface area contributed by atoms with Gasteiger partial charge in [-0.2, -0.15) is 0 Å². The number of ether oxygens (including phenoxy) is 8. The highest BCUT2D eigenvalue weighted by molar-refractivity contribution is 5.92. The average molecular weight is 999 g/mol. The van der Waals surface area contributed by atoms with Crippen molar-refractivity contribution in [3.05, 3.63) is 47.0 Å². The fraction of sp³-hybridized carbons (Fsp3) is 0.667. The molecule has 2 aliphatic heterocycles. The average Bonchev–Trinajstić information content (AvgIpc) is 3.88. The molecule has 0 radical (unpaired) electrons. The number of rotatable bonds is 16. The highest BCUT2D eigenvalue weighted by Gasteiger charge is 2.33. The number of aromatic amines is 2. The molecule has 12 heteroatoms. The molecule has 3 aromatic rings. The fourth-order valence-electron chi connectivity index (χ4n) is 6.72. The van der Waals surface area contributed by atoms with Gasteiger partial charge in [-0.1, -0.05) is 166 Å². The van der Waals surface area contributed by atoms with Crippen LogP contribution in [-0.4, -0.2) is 72.8 Å². The Morgan fingerprint density at radius 3 is 0.569 bits per heavy atom. The van der Waals surface area contributed by atoms with Gasteiger partial charge in [0, 0.05) is 0 Å². The lowest BCUT2D eigenvalue weighted by atomic mass is 9.98. The van der Waals surface area contributed by atoms with Gasteiger partial charge in [-0.3, -0.25) is 0 Å². The van der Waals surface area contributed by atoms with Gasteiger partial charge in [0.15, 0.2) is 46.0 Å². The van der Waals surface area contributed by atoms with Crippen LogP contribution >= 0.6 is 0 Å². The van der Waals surface area contributed by atoms with E-state index >= 15 is 0 Å². The van der Waals surface area contributed by atoms with Crippen LogP contribution in [0.5, 0.6) is 23.0 Å². The number of fused-ring (bicyclic) bond motifs is 8. The summed E-state index contributed by atoms with van der Waals surface area (Å²) in [5, 5.41) is 0. The van der Waals surface area contributed by atoms with Gasteiger partial charge in [0.1, 0.15) is 22.8 Å². The highest BCUT2D eigenvalue weighted by Crippen LogP contribution is 2.45. The third-order valence-electron chi connectivity index (χ3n) is 10.1. The van der Waals surface area contributed by atoms with Gasteiger partial charge in [-0.25, -0.2) is 9.97 Å². The van der Waals surface area contributed by atoms with E-state index < -0.39 is 0 Å². The summed E-state index contributed by atoms with van der Waals surface area (Å²) in [4.78, 5) is 18.3. The predicted molar refractivity (Wildman–Crippen MR) is 296 cm³/mol. The number of hydrogen-bond acceptors (Lipinski definition) is 10. The molecule has 5 rings (SSSR count). The van der Waals surface area contributed by atoms with Gasteiger partial charge in [-0.05, 0) is 67.6 Å². The Morgan fingerprint density at radius 2 is 0.417 bits per heavy atom. The second-order valence-corrected chi connectivity index (χ2v) is 29.7. The normalized spacial score (nSPS) is 14.4. The van der Waals surface area contributed by atoms with Crippen molar-refractivity contribution < 1.29 is 37.9 Å². The molecule has 0 amide bonds. The summed E-state index contributed by atoms with van der Waals surface area (Å²) < 4.78 is 55.1. The van der Waals surface area contributed by atoms with E-state index in [4.69, 9.17) is 47.9 Å². The van der Waals surface area contributed by atoms with Gasteiger partial charge in [0.05, 0.1) is 74.9 Å². The molecule has 0 fully saturated rings. The van der Waals surface area contributed by atoms with E-state index in [1.165, 1.54) is 0 Å². The first kappa shape index (κ1) is 57.9. The lowest BCUT2D eigenvalue weighted by Crippen LogP contribution is -2.19. The Kier molecular flexibility index (Phi) is 17.0. The smallest absolute Gasteiger partial charge is 0.189 e. The number of H-pyrrole nitrogens is 2. The van der Waals surface area contributed by atoms with Crippen LogP contribution in [0, 0.1) is 43.3 Å². The van der Waals surface area contributed by atoms with E-state index in [9.17, 15) is 0 Å². The van der Waals surface area contributed by atoms with E-state index in [0.29, 0.717) is 144 Å². The monoisotopic (exact) mass is 999 g/mol. The van der Waals surface area contributed by atoms with Crippen molar-refractivity contribution in [1.29, 1.82) is 0 Å². The highest BCUT2D eigenvalue weighted by atomic mass is 16.5. The Morgan fingerprint density at radius 1 is 0.264 bits per heavy atom. The summed E-state index contributed by atoms with van der Waals surface area (Å²) in [5.74, 6) is 4.25. The van der Waals surface area contributed by atoms with Crippen molar-refractivity contribution in [3.63, 3.8) is 0 Å². The molecule has 12 nitrogen and oxygen atoms in total. The minimum Gasteiger partial charge on any atom is -0.487 e. The third kappa shape index (κ3) is 17.6. The number of nitrogens with one attached hydrogen (secondary N) is 2. The molecule has 0 aliphatic carbocycles. The van der Waals surface area contributed by atoms with E-state index in [2.05, 4.69) is 176 Å². The van der Waals surface area contributed by atoms with Gasteiger partial charge in [0.25, 0.3) is 0 Å². The van der Waals surface area contributed by atoms with Crippen molar-refractivity contribution in [1.82, 2.24) is 19.9 Å². The Hall–Kier alpha value is -5.00. The van der Waals surface area contributed by atoms with Gasteiger partial charge >= 0.3 is 0 Å². The molecule has 0 unspecified atom stereocenters. The molecular weight excluding hydrogens is 905 g/mol. The SMILES string of the molecule is CC(C)(C)COC1=C(OCC(C)(C)C)c2cc3[nH]c(cc4nc(cc5[nH]c(cc1n2)c(OCC(C)(C)C)c5OCC(C)(C)C)C(OCC(C)(C)C)=C4OCC(C)(C)C)c(OCC(C)(C)C)c3OCC(C)(C)C. The van der Waals surface area contributed by atoms with Crippen LogP contribution in [0.2, 0.25) is 0 Å². The van der Waals surface area contributed by atoms with E-state index in [1.807, 2.05) is 24.3 Å². The fourth-order valence-corrected chi connectivity index (χ4v) is 6.72. The molecule has 0 saturated heterocycles. The standard InChI is InChI=1S/C60H94N4O8/c1-53(2,3)29-65-45-37-25-39-47(67-31-55(7,8)9)49(69-33-57(13,14)15)41(62-39)27-43-51(71-35-59(19,20)21)52(72-36-60(22,23)24)44(64-43)28-42-50(70-34-58(16,17)18)48(68-32-56(10,11)12)40(63-42)26-38(61-37)46(45)66-30-54(4,5)6/h25-28,61,64H,29-36H2,1-24H3. The van der Waals surface area contributed by atoms with Crippen LogP contribution in [0.25, 0.3) is 45.1 Å². The van der Waals surface area contributed by atoms with Crippen LogP contribution in [-0.2, 0) is 18.9 Å². The van der Waals surface area contributed by atoms with Crippen molar-refractivity contribution in [2.75, 3.05) is 52.9 Å². The lowest BCUT2D eigenvalue weighted by molar-refractivity contribution is 0.148. The minimum atomic E-state index is -0.191. The first-order valence-electron chi connectivity index (χ1n) is 26.0. The number of hydrogen-bond donors (Lipinski definition) is 2. The third-order valence-corrected chi connectivity index (χ3v) is 10.1. The molecule has 3 aromatic heterocycles. The summed E-state index contributed by atoms with van der Waals surface area (Å²) >= 11 is 0. The molecule has 0 aromatic carbocycles. The van der Waals surface area contributed by atoms with E-state index in [-0.39, 0.29) is 43.3 Å². The molecular formula is C60H94N4O8. The molecule has 5 heterocycles. The molecule has 2 N–H and O–H groups in total. The topological polar surface area (TPSA) is 131 Å². The van der Waals surface area contributed by atoms with Crippen LogP contribution < -0.4 is 18.9 Å². The molecule has 8 bridgehead atoms. The minimum absolute atomic E-state index is 0.188. The largest absolute Gasteiger partial charge is 0.487 e. The second-order valence-electron chi connectivity index (χ2n) is 29.7. The van der Waals surface area contributed by atoms with Crippen molar-refractivity contribution >= 4 is 45.1 Å².